The largest absolute Gasteiger partial charge is 0.388 e. The third-order valence-electron chi connectivity index (χ3n) is 3.70. The SMILES string of the molecule is N=C(N)CCN(CC1CCCC1)C1CC1. The topological polar surface area (TPSA) is 53.1 Å². The summed E-state index contributed by atoms with van der Waals surface area (Å²) < 4.78 is 0. The molecule has 0 bridgehead atoms. The van der Waals surface area contributed by atoms with Crippen molar-refractivity contribution < 1.29 is 0 Å². The monoisotopic (exact) mass is 209 g/mol. The van der Waals surface area contributed by atoms with Crippen LogP contribution in [0, 0.1) is 11.3 Å². The van der Waals surface area contributed by atoms with Crippen LogP contribution < -0.4 is 5.73 Å². The molecule has 0 radical (unpaired) electrons. The van der Waals surface area contributed by atoms with Crippen LogP contribution in [0.25, 0.3) is 0 Å². The van der Waals surface area contributed by atoms with Gasteiger partial charge in [0.15, 0.2) is 0 Å². The first-order valence-electron chi connectivity index (χ1n) is 6.32. The third kappa shape index (κ3) is 3.49. The molecule has 0 aromatic carbocycles. The molecule has 0 saturated heterocycles. The van der Waals surface area contributed by atoms with Crippen molar-refractivity contribution in [1.29, 1.82) is 5.41 Å². The van der Waals surface area contributed by atoms with E-state index in [2.05, 4.69) is 4.90 Å². The van der Waals surface area contributed by atoms with Crippen LogP contribution in [0.2, 0.25) is 0 Å². The molecule has 0 heterocycles. The van der Waals surface area contributed by atoms with E-state index < -0.39 is 0 Å². The Morgan fingerprint density at radius 1 is 1.20 bits per heavy atom. The maximum atomic E-state index is 7.28. The number of hydrogen-bond donors (Lipinski definition) is 2. The van der Waals surface area contributed by atoms with Crippen molar-refractivity contribution in [3.8, 4) is 0 Å². The predicted molar refractivity (Wildman–Crippen MR) is 63.1 cm³/mol. The molecule has 86 valence electrons. The molecule has 2 aliphatic carbocycles. The highest BCUT2D eigenvalue weighted by Crippen LogP contribution is 2.31. The van der Waals surface area contributed by atoms with Crippen LogP contribution in [-0.4, -0.2) is 29.9 Å². The van der Waals surface area contributed by atoms with E-state index in [9.17, 15) is 0 Å². The molecule has 3 N–H and O–H groups in total. The van der Waals surface area contributed by atoms with Crippen molar-refractivity contribution >= 4 is 5.84 Å². The fourth-order valence-corrected chi connectivity index (χ4v) is 2.65. The van der Waals surface area contributed by atoms with E-state index in [1.807, 2.05) is 0 Å². The van der Waals surface area contributed by atoms with Crippen LogP contribution in [0.5, 0.6) is 0 Å². The summed E-state index contributed by atoms with van der Waals surface area (Å²) in [6.45, 7) is 2.27. The highest BCUT2D eigenvalue weighted by atomic mass is 15.2. The zero-order chi connectivity index (χ0) is 10.7. The van der Waals surface area contributed by atoms with Gasteiger partial charge in [-0.1, -0.05) is 12.8 Å². The van der Waals surface area contributed by atoms with E-state index in [1.165, 1.54) is 45.1 Å². The van der Waals surface area contributed by atoms with Gasteiger partial charge in [-0.2, -0.15) is 0 Å². The van der Waals surface area contributed by atoms with Gasteiger partial charge in [0.25, 0.3) is 0 Å². The van der Waals surface area contributed by atoms with E-state index in [4.69, 9.17) is 11.1 Å². The van der Waals surface area contributed by atoms with Gasteiger partial charge in [0.05, 0.1) is 5.84 Å². The Balaban J connectivity index is 1.74. The molecule has 2 saturated carbocycles. The summed E-state index contributed by atoms with van der Waals surface area (Å²) in [6, 6.07) is 0.824. The van der Waals surface area contributed by atoms with Gasteiger partial charge < -0.3 is 5.73 Å². The van der Waals surface area contributed by atoms with Crippen molar-refractivity contribution in [3.63, 3.8) is 0 Å². The van der Waals surface area contributed by atoms with Crippen LogP contribution in [-0.2, 0) is 0 Å². The lowest BCUT2D eigenvalue weighted by molar-refractivity contribution is 0.228. The molecule has 2 rings (SSSR count). The molecule has 15 heavy (non-hydrogen) atoms. The van der Waals surface area contributed by atoms with E-state index >= 15 is 0 Å². The van der Waals surface area contributed by atoms with E-state index in [0.717, 1.165) is 24.9 Å². The summed E-state index contributed by atoms with van der Waals surface area (Å²) in [5, 5.41) is 7.28. The van der Waals surface area contributed by atoms with E-state index in [0.29, 0.717) is 5.84 Å². The molecule has 3 heteroatoms. The standard InChI is InChI=1S/C12H23N3/c13-12(14)7-8-15(11-5-6-11)9-10-3-1-2-4-10/h10-11H,1-9H2,(H3,13,14). The Bertz CT molecular complexity index is 217. The maximum Gasteiger partial charge on any atom is 0.0918 e. The van der Waals surface area contributed by atoms with Crippen LogP contribution >= 0.6 is 0 Å². The first kappa shape index (κ1) is 10.9. The second-order valence-electron chi connectivity index (χ2n) is 5.15. The van der Waals surface area contributed by atoms with Crippen molar-refractivity contribution in [2.45, 2.75) is 51.0 Å². The Morgan fingerprint density at radius 2 is 1.87 bits per heavy atom. The summed E-state index contributed by atoms with van der Waals surface area (Å²) >= 11 is 0. The fraction of sp³-hybridized carbons (Fsp3) is 0.917. The van der Waals surface area contributed by atoms with Gasteiger partial charge in [0.2, 0.25) is 0 Å². The van der Waals surface area contributed by atoms with Crippen LogP contribution in [0.4, 0.5) is 0 Å². The van der Waals surface area contributed by atoms with Gasteiger partial charge in [-0.15, -0.1) is 0 Å². The summed E-state index contributed by atoms with van der Waals surface area (Å²) in [5.74, 6) is 1.27. The normalized spacial score (nSPS) is 22.5. The molecule has 0 aliphatic heterocycles. The van der Waals surface area contributed by atoms with Crippen LogP contribution in [0.1, 0.15) is 44.9 Å². The molecule has 0 spiro atoms. The smallest absolute Gasteiger partial charge is 0.0918 e. The van der Waals surface area contributed by atoms with Gasteiger partial charge in [-0.25, -0.2) is 0 Å². The lowest BCUT2D eigenvalue weighted by Crippen LogP contribution is -2.33. The maximum absolute atomic E-state index is 7.28. The quantitative estimate of drug-likeness (QED) is 0.519. The van der Waals surface area contributed by atoms with Crippen LogP contribution in [0.15, 0.2) is 0 Å². The highest BCUT2D eigenvalue weighted by molar-refractivity contribution is 5.76. The number of nitrogens with one attached hydrogen (secondary N) is 1. The molecule has 0 atom stereocenters. The average Bonchev–Trinajstić information content (AvgIpc) is 2.91. The van der Waals surface area contributed by atoms with Crippen molar-refractivity contribution in [2.75, 3.05) is 13.1 Å². The Morgan fingerprint density at radius 3 is 2.40 bits per heavy atom. The van der Waals surface area contributed by atoms with Gasteiger partial charge in [-0.05, 0) is 31.6 Å². The molecular weight excluding hydrogens is 186 g/mol. The molecule has 3 nitrogen and oxygen atoms in total. The highest BCUT2D eigenvalue weighted by Gasteiger charge is 2.30. The van der Waals surface area contributed by atoms with E-state index in [1.54, 1.807) is 0 Å². The molecule has 0 aromatic rings. The summed E-state index contributed by atoms with van der Waals surface area (Å²) in [7, 11) is 0. The minimum atomic E-state index is 0.340. The Hall–Kier alpha value is -0.570. The fourth-order valence-electron chi connectivity index (χ4n) is 2.65. The minimum Gasteiger partial charge on any atom is -0.388 e. The molecule has 2 fully saturated rings. The number of nitrogens with two attached hydrogens (primary N) is 1. The summed E-state index contributed by atoms with van der Waals surface area (Å²) in [5.41, 5.74) is 5.43. The number of nitrogens with zero attached hydrogens (tertiary/aromatic N) is 1. The second-order valence-corrected chi connectivity index (χ2v) is 5.15. The predicted octanol–water partition coefficient (Wildman–Crippen LogP) is 1.97. The van der Waals surface area contributed by atoms with Crippen LogP contribution in [0.3, 0.4) is 0 Å². The second kappa shape index (κ2) is 4.97. The first-order valence-corrected chi connectivity index (χ1v) is 6.32. The molecule has 0 amide bonds. The number of hydrogen-bond acceptors (Lipinski definition) is 2. The van der Waals surface area contributed by atoms with Gasteiger partial charge in [0.1, 0.15) is 0 Å². The van der Waals surface area contributed by atoms with Crippen molar-refractivity contribution in [2.24, 2.45) is 11.7 Å². The van der Waals surface area contributed by atoms with E-state index in [-0.39, 0.29) is 0 Å². The number of amidine groups is 1. The third-order valence-corrected chi connectivity index (χ3v) is 3.70. The lowest BCUT2D eigenvalue weighted by Gasteiger charge is -2.25. The summed E-state index contributed by atoms with van der Waals surface area (Å²) in [6.07, 6.45) is 9.18. The minimum absolute atomic E-state index is 0.340. The molecule has 0 aromatic heterocycles. The van der Waals surface area contributed by atoms with Crippen molar-refractivity contribution in [1.82, 2.24) is 4.90 Å². The van der Waals surface area contributed by atoms with Crippen molar-refractivity contribution in [3.05, 3.63) is 0 Å². The van der Waals surface area contributed by atoms with Gasteiger partial charge >= 0.3 is 0 Å². The Labute approximate surface area is 92.5 Å². The molecular formula is C12H23N3. The zero-order valence-electron chi connectivity index (χ0n) is 9.54. The first-order chi connectivity index (χ1) is 7.25. The average molecular weight is 209 g/mol. The number of rotatable bonds is 6. The molecule has 0 unspecified atom stereocenters. The Kier molecular flexibility index (Phi) is 3.62. The van der Waals surface area contributed by atoms with Gasteiger partial charge in [0, 0.05) is 25.6 Å². The lowest BCUT2D eigenvalue weighted by atomic mass is 10.1. The zero-order valence-corrected chi connectivity index (χ0v) is 9.54. The van der Waals surface area contributed by atoms with Gasteiger partial charge in [-0.3, -0.25) is 10.3 Å². The molecule has 2 aliphatic rings. The summed E-state index contributed by atoms with van der Waals surface area (Å²) in [4.78, 5) is 2.58.